The number of anilines is 5. The van der Waals surface area contributed by atoms with Gasteiger partial charge in [0.25, 0.3) is 0 Å². The molecule has 2 aliphatic rings. The molecule has 0 unspecified atom stereocenters. The zero-order chi connectivity index (χ0) is 29.1. The maximum Gasteiger partial charge on any atom is 0.247 e. The van der Waals surface area contributed by atoms with Gasteiger partial charge in [0.05, 0.1) is 41.8 Å². The number of hydrogen-bond acceptors (Lipinski definition) is 9. The first-order valence-corrected chi connectivity index (χ1v) is 13.7. The molecule has 2 aliphatic heterocycles. The lowest BCUT2D eigenvalue weighted by Crippen LogP contribution is -2.31. The maximum absolute atomic E-state index is 14.2. The van der Waals surface area contributed by atoms with Gasteiger partial charge < -0.3 is 25.2 Å². The molecule has 216 valence electrons. The van der Waals surface area contributed by atoms with Crippen LogP contribution in [-0.2, 0) is 9.63 Å². The van der Waals surface area contributed by atoms with Crippen molar-refractivity contribution < 1.29 is 18.8 Å². The van der Waals surface area contributed by atoms with E-state index in [4.69, 9.17) is 21.2 Å². The van der Waals surface area contributed by atoms with Crippen LogP contribution in [0, 0.1) is 5.82 Å². The fraction of sp³-hybridized carbons (Fsp3) is 0.345. The second-order valence-electron chi connectivity index (χ2n) is 10.1. The Balaban J connectivity index is 1.44. The number of halogens is 2. The van der Waals surface area contributed by atoms with E-state index in [1.807, 2.05) is 12.1 Å². The van der Waals surface area contributed by atoms with E-state index in [9.17, 15) is 9.18 Å². The van der Waals surface area contributed by atoms with Crippen LogP contribution < -0.4 is 25.3 Å². The van der Waals surface area contributed by atoms with Gasteiger partial charge in [-0.05, 0) is 50.4 Å². The maximum atomic E-state index is 14.2. The second kappa shape index (κ2) is 12.3. The highest BCUT2D eigenvalue weighted by atomic mass is 35.5. The Morgan fingerprint density at radius 3 is 2.76 bits per heavy atom. The first-order chi connectivity index (χ1) is 19.8. The molecule has 0 radical (unpaired) electrons. The Morgan fingerprint density at radius 1 is 1.22 bits per heavy atom. The van der Waals surface area contributed by atoms with Crippen molar-refractivity contribution in [2.24, 2.45) is 0 Å². The number of likely N-dealkylation sites (N-methyl/N-ethyl adjacent to an activating group) is 1. The normalized spacial score (nSPS) is 18.6. The molecule has 2 atom stereocenters. The number of rotatable bonds is 9. The lowest BCUT2D eigenvalue weighted by molar-refractivity contribution is -0.111. The number of aromatic nitrogens is 2. The van der Waals surface area contributed by atoms with Gasteiger partial charge in [-0.3, -0.25) is 9.63 Å². The monoisotopic (exact) mass is 581 g/mol. The topological polar surface area (TPSA) is 95.1 Å². The van der Waals surface area contributed by atoms with Crippen LogP contribution >= 0.6 is 11.6 Å². The second-order valence-corrected chi connectivity index (χ2v) is 10.5. The van der Waals surface area contributed by atoms with Crippen molar-refractivity contribution in [1.29, 1.82) is 0 Å². The minimum atomic E-state index is -0.484. The van der Waals surface area contributed by atoms with Gasteiger partial charge in [0.1, 0.15) is 23.7 Å². The molecule has 1 amide bonds. The predicted molar refractivity (Wildman–Crippen MR) is 159 cm³/mol. The number of benzene rings is 2. The third-order valence-corrected chi connectivity index (χ3v) is 7.68. The summed E-state index contributed by atoms with van der Waals surface area (Å²) in [5, 5.41) is 7.95. The Bertz CT molecular complexity index is 1440. The molecule has 2 aromatic carbocycles. The van der Waals surface area contributed by atoms with Gasteiger partial charge in [-0.15, -0.1) is 0 Å². The molecule has 2 N–H and O–H groups in total. The molecule has 2 saturated heterocycles. The number of amides is 1. The van der Waals surface area contributed by atoms with Crippen LogP contribution in [0.15, 0.2) is 55.4 Å². The van der Waals surface area contributed by atoms with Crippen molar-refractivity contribution >= 4 is 46.2 Å². The summed E-state index contributed by atoms with van der Waals surface area (Å²) in [7, 11) is 5.74. The van der Waals surface area contributed by atoms with E-state index in [0.29, 0.717) is 47.8 Å². The Labute approximate surface area is 243 Å². The van der Waals surface area contributed by atoms with Gasteiger partial charge >= 0.3 is 0 Å². The molecule has 1 aromatic heterocycles. The number of hydrogen-bond donors (Lipinski definition) is 2. The smallest absolute Gasteiger partial charge is 0.247 e. The minimum absolute atomic E-state index is 0.0681. The molecule has 0 aliphatic carbocycles. The summed E-state index contributed by atoms with van der Waals surface area (Å²) >= 11 is 5.88. The summed E-state index contributed by atoms with van der Waals surface area (Å²) in [6, 6.07) is 10.4. The van der Waals surface area contributed by atoms with Gasteiger partial charge in [-0.2, -0.15) is 0 Å². The Kier molecular flexibility index (Phi) is 8.57. The van der Waals surface area contributed by atoms with Crippen molar-refractivity contribution in [2.45, 2.75) is 24.9 Å². The molecular weight excluding hydrogens is 549 g/mol. The quantitative estimate of drug-likeness (QED) is 0.332. The summed E-state index contributed by atoms with van der Waals surface area (Å²) in [4.78, 5) is 31.4. The molecule has 41 heavy (non-hydrogen) atoms. The van der Waals surface area contributed by atoms with Crippen LogP contribution in [-0.4, -0.2) is 67.7 Å². The van der Waals surface area contributed by atoms with E-state index in [-0.39, 0.29) is 17.0 Å². The average Bonchev–Trinajstić information content (AvgIpc) is 3.66. The molecular formula is C29H33ClFN7O3. The largest absolute Gasteiger partial charge is 0.494 e. The summed E-state index contributed by atoms with van der Waals surface area (Å²) in [5.41, 5.74) is 2.82. The number of ether oxygens (including phenoxy) is 1. The van der Waals surface area contributed by atoms with Crippen molar-refractivity contribution in [3.05, 3.63) is 71.8 Å². The van der Waals surface area contributed by atoms with Crippen molar-refractivity contribution in [3.8, 4) is 5.75 Å². The zero-order valence-corrected chi connectivity index (χ0v) is 24.0. The molecule has 12 heteroatoms. The SMILES string of the molecule is C=CC(=O)Nc1cc(Nc2cc(N3OCC[C@@H]3c3ccc(Cl)c(F)c3)ncn2)c(OC)cc1N1CC[C@@H](N(C)C)C1. The molecule has 5 rings (SSSR count). The molecule has 10 nitrogen and oxygen atoms in total. The highest BCUT2D eigenvalue weighted by Gasteiger charge is 2.30. The fourth-order valence-electron chi connectivity index (χ4n) is 5.15. The highest BCUT2D eigenvalue weighted by Crippen LogP contribution is 2.41. The number of nitrogens with one attached hydrogen (secondary N) is 2. The van der Waals surface area contributed by atoms with Crippen LogP contribution in [0.2, 0.25) is 5.02 Å². The molecule has 0 spiro atoms. The van der Waals surface area contributed by atoms with Crippen LogP contribution in [0.3, 0.4) is 0 Å². The summed E-state index contributed by atoms with van der Waals surface area (Å²) < 4.78 is 19.9. The lowest BCUT2D eigenvalue weighted by Gasteiger charge is -2.26. The van der Waals surface area contributed by atoms with Crippen LogP contribution in [0.25, 0.3) is 0 Å². The van der Waals surface area contributed by atoms with Gasteiger partial charge in [0, 0.05) is 37.7 Å². The fourth-order valence-corrected chi connectivity index (χ4v) is 5.27. The first-order valence-electron chi connectivity index (χ1n) is 13.3. The average molecular weight is 582 g/mol. The van der Waals surface area contributed by atoms with E-state index in [0.717, 1.165) is 30.8 Å². The third-order valence-electron chi connectivity index (χ3n) is 7.37. The van der Waals surface area contributed by atoms with Gasteiger partial charge in [-0.1, -0.05) is 24.2 Å². The highest BCUT2D eigenvalue weighted by molar-refractivity contribution is 6.30. The lowest BCUT2D eigenvalue weighted by atomic mass is 10.0. The first kappa shape index (κ1) is 28.6. The molecule has 0 bridgehead atoms. The third kappa shape index (κ3) is 6.22. The van der Waals surface area contributed by atoms with Crippen molar-refractivity contribution in [2.75, 3.05) is 61.5 Å². The van der Waals surface area contributed by atoms with E-state index in [1.54, 1.807) is 24.3 Å². The standard InChI is InChI=1S/C29H33ClFN7O3/c1-5-29(39)35-22-13-23(26(40-4)14-25(22)37-10-8-19(16-37)36(2)3)34-27-15-28(33-17-32-27)38-24(9-11-41-38)18-6-7-20(30)21(31)12-18/h5-7,12-15,17,19,24H,1,8-11,16H2,2-4H3,(H,35,39)(H,32,33,34)/t19-,24-/m1/s1. The molecule has 3 aromatic rings. The van der Waals surface area contributed by atoms with Crippen molar-refractivity contribution in [1.82, 2.24) is 14.9 Å². The number of carbonyl (C=O) groups excluding carboxylic acids is 1. The van der Waals surface area contributed by atoms with Crippen LogP contribution in [0.1, 0.15) is 24.4 Å². The minimum Gasteiger partial charge on any atom is -0.494 e. The number of methoxy groups -OCH3 is 1. The van der Waals surface area contributed by atoms with Gasteiger partial charge in [0.2, 0.25) is 5.91 Å². The number of hydroxylamine groups is 1. The van der Waals surface area contributed by atoms with E-state index in [2.05, 4.69) is 51.1 Å². The van der Waals surface area contributed by atoms with Gasteiger partial charge in [0.15, 0.2) is 5.82 Å². The zero-order valence-electron chi connectivity index (χ0n) is 23.2. The number of nitrogens with zero attached hydrogens (tertiary/aromatic N) is 5. The Morgan fingerprint density at radius 2 is 2.05 bits per heavy atom. The Hall–Kier alpha value is -3.93. The van der Waals surface area contributed by atoms with Crippen LogP contribution in [0.4, 0.5) is 33.1 Å². The van der Waals surface area contributed by atoms with E-state index < -0.39 is 5.82 Å². The van der Waals surface area contributed by atoms with E-state index >= 15 is 0 Å². The number of carbonyl (C=O) groups is 1. The molecule has 0 saturated carbocycles. The summed E-state index contributed by atoms with van der Waals surface area (Å²) in [5.74, 6) is 0.764. The molecule has 2 fully saturated rings. The molecule has 3 heterocycles. The summed E-state index contributed by atoms with van der Waals surface area (Å²) in [6.07, 6.45) is 4.33. The van der Waals surface area contributed by atoms with Crippen LogP contribution in [0.5, 0.6) is 5.75 Å². The summed E-state index contributed by atoms with van der Waals surface area (Å²) in [6.45, 7) is 5.72. The van der Waals surface area contributed by atoms with E-state index in [1.165, 1.54) is 24.5 Å². The van der Waals surface area contributed by atoms with Crippen molar-refractivity contribution in [3.63, 3.8) is 0 Å². The predicted octanol–water partition coefficient (Wildman–Crippen LogP) is 5.17. The van der Waals surface area contributed by atoms with Gasteiger partial charge in [-0.25, -0.2) is 19.4 Å².